The Kier molecular flexibility index (Phi) is 1.51. The van der Waals surface area contributed by atoms with Crippen LogP contribution in [0.5, 0.6) is 0 Å². The lowest BCUT2D eigenvalue weighted by atomic mass is 10.0. The van der Waals surface area contributed by atoms with E-state index in [9.17, 15) is 0 Å². The van der Waals surface area contributed by atoms with Crippen molar-refractivity contribution < 1.29 is 0 Å². The van der Waals surface area contributed by atoms with Crippen molar-refractivity contribution in [2.45, 2.75) is 13.1 Å². The summed E-state index contributed by atoms with van der Waals surface area (Å²) in [5.74, 6) is 0. The Morgan fingerprint density at radius 2 is 2.27 bits per heavy atom. The molecule has 0 unspecified atom stereocenters. The van der Waals surface area contributed by atoms with Crippen LogP contribution in [-0.4, -0.2) is 0 Å². The first kappa shape index (κ1) is 6.62. The summed E-state index contributed by atoms with van der Waals surface area (Å²) < 4.78 is 0. The number of rotatable bonds is 1. The van der Waals surface area contributed by atoms with Crippen LogP contribution in [0, 0.1) is 0 Å². The largest absolute Gasteiger partial charge is 0.232 e. The monoisotopic (exact) mass is 144 g/mol. The minimum atomic E-state index is 0.873. The van der Waals surface area contributed by atoms with Gasteiger partial charge in [0, 0.05) is 13.1 Å². The number of hydrogen-bond acceptors (Lipinski definition) is 0. The van der Waals surface area contributed by atoms with Crippen molar-refractivity contribution in [1.82, 2.24) is 5.32 Å². The van der Waals surface area contributed by atoms with E-state index in [0.717, 1.165) is 13.1 Å². The van der Waals surface area contributed by atoms with Crippen LogP contribution in [0.15, 0.2) is 24.8 Å². The summed E-state index contributed by atoms with van der Waals surface area (Å²) in [4.78, 5) is 0. The fourth-order valence-electron chi connectivity index (χ4n) is 1.47. The minimum Gasteiger partial charge on any atom is -0.232 e. The molecule has 11 heavy (non-hydrogen) atoms. The lowest BCUT2D eigenvalue weighted by Crippen LogP contribution is -1.90. The van der Waals surface area contributed by atoms with Gasteiger partial charge in [-0.3, -0.25) is 0 Å². The maximum atomic E-state index is 4.31. The Morgan fingerprint density at radius 3 is 3.09 bits per heavy atom. The standard InChI is InChI=1S/C10H10N/c1-2-8-4-3-5-9-6-11-7-10(8)9/h2-5H,1,6-7H2. The highest BCUT2D eigenvalue weighted by Crippen LogP contribution is 2.21. The molecule has 0 N–H and O–H groups in total. The van der Waals surface area contributed by atoms with Crippen LogP contribution < -0.4 is 5.32 Å². The fraction of sp³-hybridized carbons (Fsp3) is 0.200. The summed E-state index contributed by atoms with van der Waals surface area (Å²) in [6.45, 7) is 5.53. The molecule has 0 saturated carbocycles. The molecule has 2 rings (SSSR count). The molecule has 0 aromatic heterocycles. The van der Waals surface area contributed by atoms with Gasteiger partial charge in [0.25, 0.3) is 0 Å². The van der Waals surface area contributed by atoms with Gasteiger partial charge in [-0.2, -0.15) is 0 Å². The first-order valence-electron chi connectivity index (χ1n) is 3.78. The van der Waals surface area contributed by atoms with E-state index in [2.05, 4.69) is 30.1 Å². The average Bonchev–Trinajstić information content (AvgIpc) is 2.50. The Balaban J connectivity index is 2.58. The summed E-state index contributed by atoms with van der Waals surface area (Å²) >= 11 is 0. The summed E-state index contributed by atoms with van der Waals surface area (Å²) in [6.07, 6.45) is 1.90. The molecule has 0 fully saturated rings. The molecule has 55 valence electrons. The van der Waals surface area contributed by atoms with Crippen molar-refractivity contribution in [3.8, 4) is 0 Å². The summed E-state index contributed by atoms with van der Waals surface area (Å²) in [5.41, 5.74) is 3.97. The van der Waals surface area contributed by atoms with E-state index in [0.29, 0.717) is 0 Å². The number of nitrogens with zero attached hydrogens (tertiary/aromatic N) is 1. The highest BCUT2D eigenvalue weighted by Gasteiger charge is 2.12. The van der Waals surface area contributed by atoms with Gasteiger partial charge < -0.3 is 0 Å². The number of hydrogen-bond donors (Lipinski definition) is 0. The molecule has 1 radical (unpaired) electrons. The first-order chi connectivity index (χ1) is 5.42. The van der Waals surface area contributed by atoms with Crippen molar-refractivity contribution >= 4 is 6.08 Å². The molecule has 0 spiro atoms. The molecule has 1 heterocycles. The normalized spacial score (nSPS) is 14.5. The molecule has 1 aromatic rings. The van der Waals surface area contributed by atoms with Crippen molar-refractivity contribution in [1.29, 1.82) is 0 Å². The molecule has 1 aromatic carbocycles. The molecule has 0 bridgehead atoms. The van der Waals surface area contributed by atoms with Gasteiger partial charge in [-0.15, -0.1) is 0 Å². The van der Waals surface area contributed by atoms with Crippen molar-refractivity contribution in [3.05, 3.63) is 41.5 Å². The predicted octanol–water partition coefficient (Wildman–Crippen LogP) is 1.95. The average molecular weight is 144 g/mol. The van der Waals surface area contributed by atoms with E-state index >= 15 is 0 Å². The predicted molar refractivity (Wildman–Crippen MR) is 46.1 cm³/mol. The molecule has 0 amide bonds. The van der Waals surface area contributed by atoms with Crippen LogP contribution in [0.4, 0.5) is 0 Å². The molecule has 1 aliphatic heterocycles. The molecular formula is C10H10N. The van der Waals surface area contributed by atoms with Gasteiger partial charge >= 0.3 is 0 Å². The highest BCUT2D eigenvalue weighted by atomic mass is 14.9. The maximum Gasteiger partial charge on any atom is 0.0397 e. The molecule has 0 atom stereocenters. The minimum absolute atomic E-state index is 0.873. The first-order valence-corrected chi connectivity index (χ1v) is 3.78. The summed E-state index contributed by atoms with van der Waals surface area (Å²) in [7, 11) is 0. The summed E-state index contributed by atoms with van der Waals surface area (Å²) in [6, 6.07) is 6.29. The zero-order valence-corrected chi connectivity index (χ0v) is 6.38. The van der Waals surface area contributed by atoms with Gasteiger partial charge in [0.1, 0.15) is 0 Å². The Labute approximate surface area is 66.7 Å². The van der Waals surface area contributed by atoms with Crippen LogP contribution >= 0.6 is 0 Å². The van der Waals surface area contributed by atoms with E-state index in [1.165, 1.54) is 16.7 Å². The van der Waals surface area contributed by atoms with E-state index in [1.807, 2.05) is 6.08 Å². The smallest absolute Gasteiger partial charge is 0.0397 e. The van der Waals surface area contributed by atoms with Crippen LogP contribution in [0.25, 0.3) is 6.08 Å². The zero-order valence-electron chi connectivity index (χ0n) is 6.38. The van der Waals surface area contributed by atoms with Crippen LogP contribution in [0.2, 0.25) is 0 Å². The van der Waals surface area contributed by atoms with Gasteiger partial charge in [-0.1, -0.05) is 30.9 Å². The third-order valence-corrected chi connectivity index (χ3v) is 2.08. The van der Waals surface area contributed by atoms with Gasteiger partial charge in [0.05, 0.1) is 0 Å². The van der Waals surface area contributed by atoms with Crippen LogP contribution in [-0.2, 0) is 13.1 Å². The van der Waals surface area contributed by atoms with Gasteiger partial charge in [0.15, 0.2) is 0 Å². The van der Waals surface area contributed by atoms with E-state index in [1.54, 1.807) is 0 Å². The van der Waals surface area contributed by atoms with Gasteiger partial charge in [-0.05, 0) is 16.7 Å². The fourth-order valence-corrected chi connectivity index (χ4v) is 1.47. The molecule has 0 saturated heterocycles. The van der Waals surface area contributed by atoms with Crippen molar-refractivity contribution in [2.24, 2.45) is 0 Å². The zero-order chi connectivity index (χ0) is 7.68. The lowest BCUT2D eigenvalue weighted by molar-refractivity contribution is 0.745. The van der Waals surface area contributed by atoms with E-state index in [4.69, 9.17) is 0 Å². The second-order valence-corrected chi connectivity index (χ2v) is 2.73. The maximum absolute atomic E-state index is 4.31. The molecule has 0 aliphatic carbocycles. The Bertz CT molecular complexity index is 289. The third kappa shape index (κ3) is 0.976. The van der Waals surface area contributed by atoms with Crippen LogP contribution in [0.3, 0.4) is 0 Å². The molecule has 1 nitrogen and oxygen atoms in total. The molecule has 1 heteroatoms. The highest BCUT2D eigenvalue weighted by molar-refractivity contribution is 5.55. The lowest BCUT2D eigenvalue weighted by Gasteiger charge is -2.00. The topological polar surface area (TPSA) is 14.1 Å². The number of benzene rings is 1. The Morgan fingerprint density at radius 1 is 1.36 bits per heavy atom. The SMILES string of the molecule is C=Cc1cccc2c1C[N]C2. The van der Waals surface area contributed by atoms with E-state index in [-0.39, 0.29) is 0 Å². The quantitative estimate of drug-likeness (QED) is 0.572. The molecule has 1 aliphatic rings. The van der Waals surface area contributed by atoms with Crippen molar-refractivity contribution in [2.75, 3.05) is 0 Å². The molecular weight excluding hydrogens is 134 g/mol. The van der Waals surface area contributed by atoms with Gasteiger partial charge in [0.2, 0.25) is 0 Å². The number of fused-ring (bicyclic) bond motifs is 1. The second-order valence-electron chi connectivity index (χ2n) is 2.73. The summed E-state index contributed by atoms with van der Waals surface area (Å²) in [5, 5.41) is 4.31. The Hall–Kier alpha value is -1.08. The second kappa shape index (κ2) is 2.51. The van der Waals surface area contributed by atoms with E-state index < -0.39 is 0 Å². The van der Waals surface area contributed by atoms with Gasteiger partial charge in [-0.25, -0.2) is 5.32 Å². The third-order valence-electron chi connectivity index (χ3n) is 2.08. The van der Waals surface area contributed by atoms with Crippen LogP contribution in [0.1, 0.15) is 16.7 Å². The van der Waals surface area contributed by atoms with Crippen molar-refractivity contribution in [3.63, 3.8) is 0 Å².